The Morgan fingerprint density at radius 3 is 2.24 bits per heavy atom. The second-order valence-corrected chi connectivity index (χ2v) is 7.64. The molecule has 3 heteroatoms. The molecule has 2 N–H and O–H groups in total. The van der Waals surface area contributed by atoms with Crippen molar-refractivity contribution >= 4 is 14.7 Å². The molecule has 0 heterocycles. The van der Waals surface area contributed by atoms with E-state index in [0.29, 0.717) is 0 Å². The molecule has 0 aliphatic carbocycles. The maximum Gasteiger partial charge on any atom is 0.274 e. The highest BCUT2D eigenvalue weighted by Crippen LogP contribution is 2.37. The Kier molecular flexibility index (Phi) is 4.25. The highest BCUT2D eigenvalue weighted by Gasteiger charge is 2.22. The molecule has 0 amide bonds. The van der Waals surface area contributed by atoms with Crippen molar-refractivity contribution in [3.05, 3.63) is 23.3 Å². The van der Waals surface area contributed by atoms with Gasteiger partial charge in [-0.25, -0.2) is 0 Å². The third-order valence-corrected chi connectivity index (χ3v) is 3.38. The molecule has 0 unspecified atom stereocenters. The number of rotatable bonds is 3. The summed E-state index contributed by atoms with van der Waals surface area (Å²) in [5.41, 5.74) is 9.40. The molecule has 1 aromatic carbocycles. The van der Waals surface area contributed by atoms with Gasteiger partial charge in [0.05, 0.1) is 0 Å². The fourth-order valence-electron chi connectivity index (χ4n) is 1.92. The van der Waals surface area contributed by atoms with Crippen molar-refractivity contribution in [3.8, 4) is 5.75 Å². The molecule has 1 rings (SSSR count). The van der Waals surface area contributed by atoms with E-state index in [0.717, 1.165) is 23.4 Å². The maximum atomic E-state index is 6.10. The minimum atomic E-state index is -0.773. The second kappa shape index (κ2) is 5.13. The van der Waals surface area contributed by atoms with Crippen LogP contribution in [-0.4, -0.2) is 9.04 Å². The minimum absolute atomic E-state index is 0.0876. The third-order valence-electron chi connectivity index (χ3n) is 2.76. The lowest BCUT2D eigenvalue weighted by Crippen LogP contribution is -2.20. The number of hydrogen-bond acceptors (Lipinski definition) is 2. The molecular formula is C14H24NOSi. The molecule has 17 heavy (non-hydrogen) atoms. The second-order valence-electron chi connectivity index (χ2n) is 5.62. The number of benzene rings is 1. The first-order valence-electron chi connectivity index (χ1n) is 6.17. The molecule has 0 saturated carbocycles. The van der Waals surface area contributed by atoms with Crippen LogP contribution in [0.4, 0.5) is 5.69 Å². The lowest BCUT2D eigenvalue weighted by Gasteiger charge is -2.26. The van der Waals surface area contributed by atoms with Crippen molar-refractivity contribution in [2.75, 3.05) is 5.73 Å². The van der Waals surface area contributed by atoms with E-state index in [-0.39, 0.29) is 5.41 Å². The van der Waals surface area contributed by atoms with Crippen LogP contribution < -0.4 is 10.2 Å². The Bertz CT molecular complexity index is 394. The summed E-state index contributed by atoms with van der Waals surface area (Å²) in [4.78, 5) is 0. The number of hydrogen-bond donors (Lipinski definition) is 1. The molecule has 95 valence electrons. The van der Waals surface area contributed by atoms with Crippen molar-refractivity contribution < 1.29 is 4.43 Å². The summed E-state index contributed by atoms with van der Waals surface area (Å²) in [5, 5.41) is 0. The van der Waals surface area contributed by atoms with Crippen molar-refractivity contribution in [3.63, 3.8) is 0 Å². The fourth-order valence-corrected chi connectivity index (χ4v) is 2.56. The van der Waals surface area contributed by atoms with Gasteiger partial charge in [-0.3, -0.25) is 0 Å². The van der Waals surface area contributed by atoms with Gasteiger partial charge in [0.1, 0.15) is 5.75 Å². The van der Waals surface area contributed by atoms with Crippen LogP contribution in [0.5, 0.6) is 5.75 Å². The zero-order valence-corrected chi connectivity index (χ0v) is 12.8. The molecule has 0 aliphatic rings. The Balaban J connectivity index is 3.40. The lowest BCUT2D eigenvalue weighted by molar-refractivity contribution is 0.515. The van der Waals surface area contributed by atoms with Gasteiger partial charge in [-0.15, -0.1) is 0 Å². The average molecular weight is 250 g/mol. The molecule has 0 saturated heterocycles. The summed E-state index contributed by atoms with van der Waals surface area (Å²) >= 11 is 0. The van der Waals surface area contributed by atoms with Crippen LogP contribution >= 0.6 is 0 Å². The van der Waals surface area contributed by atoms with E-state index >= 15 is 0 Å². The first-order chi connectivity index (χ1) is 7.77. The van der Waals surface area contributed by atoms with Gasteiger partial charge in [0.2, 0.25) is 0 Å². The largest absolute Gasteiger partial charge is 0.542 e. The van der Waals surface area contributed by atoms with Gasteiger partial charge in [0.25, 0.3) is 9.04 Å². The van der Waals surface area contributed by atoms with Crippen LogP contribution in [0.25, 0.3) is 0 Å². The van der Waals surface area contributed by atoms with Crippen molar-refractivity contribution in [2.45, 2.75) is 52.6 Å². The molecule has 0 fully saturated rings. The molecule has 0 atom stereocenters. The molecule has 1 aromatic rings. The van der Waals surface area contributed by atoms with E-state index in [1.807, 2.05) is 6.07 Å². The molecule has 0 spiro atoms. The van der Waals surface area contributed by atoms with Gasteiger partial charge in [0.15, 0.2) is 0 Å². The van der Waals surface area contributed by atoms with Crippen LogP contribution in [0.15, 0.2) is 12.1 Å². The van der Waals surface area contributed by atoms with E-state index in [1.165, 1.54) is 5.56 Å². The molecular weight excluding hydrogens is 226 g/mol. The zero-order chi connectivity index (χ0) is 13.2. The van der Waals surface area contributed by atoms with Gasteiger partial charge in [-0.05, 0) is 36.6 Å². The molecule has 1 radical (unpaired) electrons. The molecule has 0 aliphatic heterocycles. The van der Waals surface area contributed by atoms with Crippen LogP contribution in [0.3, 0.4) is 0 Å². The summed E-state index contributed by atoms with van der Waals surface area (Å²) in [6.45, 7) is 13.1. The van der Waals surface area contributed by atoms with E-state index in [4.69, 9.17) is 10.2 Å². The van der Waals surface area contributed by atoms with E-state index in [2.05, 4.69) is 46.9 Å². The van der Waals surface area contributed by atoms with Crippen molar-refractivity contribution in [1.29, 1.82) is 0 Å². The zero-order valence-electron chi connectivity index (χ0n) is 11.8. The predicted octanol–water partition coefficient (Wildman–Crippen LogP) is 3.76. The molecule has 0 bridgehead atoms. The van der Waals surface area contributed by atoms with Crippen molar-refractivity contribution in [1.82, 2.24) is 0 Å². The Labute approximate surface area is 107 Å². The predicted molar refractivity (Wildman–Crippen MR) is 77.0 cm³/mol. The highest BCUT2D eigenvalue weighted by molar-refractivity contribution is 6.49. The number of nitrogen functional groups attached to an aromatic ring is 1. The monoisotopic (exact) mass is 250 g/mol. The average Bonchev–Trinajstić information content (AvgIpc) is 2.15. The SMILES string of the molecule is CCc1c(N)ccc(C(C)(C)C)c1O[Si](C)C. The van der Waals surface area contributed by atoms with Crippen molar-refractivity contribution in [2.24, 2.45) is 0 Å². The van der Waals surface area contributed by atoms with Gasteiger partial charge in [-0.1, -0.05) is 33.8 Å². The Hall–Kier alpha value is -0.963. The van der Waals surface area contributed by atoms with Gasteiger partial charge >= 0.3 is 0 Å². The Morgan fingerprint density at radius 2 is 1.82 bits per heavy atom. The molecule has 2 nitrogen and oxygen atoms in total. The topological polar surface area (TPSA) is 35.2 Å². The summed E-state index contributed by atoms with van der Waals surface area (Å²) in [7, 11) is -0.773. The Morgan fingerprint density at radius 1 is 1.24 bits per heavy atom. The normalized spacial score (nSPS) is 11.9. The van der Waals surface area contributed by atoms with E-state index in [9.17, 15) is 0 Å². The van der Waals surface area contributed by atoms with Gasteiger partial charge in [0, 0.05) is 11.3 Å². The summed E-state index contributed by atoms with van der Waals surface area (Å²) in [6, 6.07) is 4.11. The smallest absolute Gasteiger partial charge is 0.274 e. The lowest BCUT2D eigenvalue weighted by atomic mass is 9.84. The fraction of sp³-hybridized carbons (Fsp3) is 0.571. The van der Waals surface area contributed by atoms with Crippen LogP contribution in [0.1, 0.15) is 38.8 Å². The quantitative estimate of drug-likeness (QED) is 0.655. The molecule has 0 aromatic heterocycles. The van der Waals surface area contributed by atoms with Crippen LogP contribution in [0, 0.1) is 0 Å². The minimum Gasteiger partial charge on any atom is -0.542 e. The van der Waals surface area contributed by atoms with Gasteiger partial charge < -0.3 is 10.2 Å². The van der Waals surface area contributed by atoms with E-state index in [1.54, 1.807) is 0 Å². The summed E-state index contributed by atoms with van der Waals surface area (Å²) < 4.78 is 6.10. The van der Waals surface area contributed by atoms with E-state index < -0.39 is 9.04 Å². The summed E-state index contributed by atoms with van der Waals surface area (Å²) in [5.74, 6) is 1.03. The standard InChI is InChI=1S/C14H24NOSi/c1-7-10-12(15)9-8-11(14(2,3)4)13(10)16-17(5)6/h8-9H,7,15H2,1-6H3. The first-order valence-corrected chi connectivity index (χ1v) is 8.58. The van der Waals surface area contributed by atoms with Crippen LogP contribution in [0.2, 0.25) is 13.1 Å². The first kappa shape index (κ1) is 14.1. The highest BCUT2D eigenvalue weighted by atomic mass is 28.3. The number of anilines is 1. The number of nitrogens with two attached hydrogens (primary N) is 1. The maximum absolute atomic E-state index is 6.10. The van der Waals surface area contributed by atoms with Crippen LogP contribution in [-0.2, 0) is 11.8 Å². The van der Waals surface area contributed by atoms with Gasteiger partial charge in [-0.2, -0.15) is 0 Å². The summed E-state index contributed by atoms with van der Waals surface area (Å²) in [6.07, 6.45) is 0.917. The third kappa shape index (κ3) is 3.25.